The average Bonchev–Trinajstić information content (AvgIpc) is 2.51. The molecule has 0 amide bonds. The number of benzene rings is 1. The molecule has 4 heteroatoms. The third-order valence-corrected chi connectivity index (χ3v) is 2.13. The molecule has 0 spiro atoms. The summed E-state index contributed by atoms with van der Waals surface area (Å²) in [6, 6.07) is 9.74. The molecule has 2 rings (SSSR count). The molecule has 0 unspecified atom stereocenters. The van der Waals surface area contributed by atoms with Crippen molar-refractivity contribution >= 4 is 5.82 Å². The maximum Gasteiger partial charge on any atom is 0.269 e. The van der Waals surface area contributed by atoms with E-state index in [0.717, 1.165) is 5.56 Å². The van der Waals surface area contributed by atoms with Crippen molar-refractivity contribution in [3.8, 4) is 0 Å². The highest BCUT2D eigenvalue weighted by atomic mass is 16.1. The normalized spacial score (nSPS) is 10.3. The molecular formula is C10H11N3O. The molecule has 0 saturated heterocycles. The van der Waals surface area contributed by atoms with Crippen LogP contribution in [0.5, 0.6) is 0 Å². The Balaban J connectivity index is 2.32. The lowest BCUT2D eigenvalue weighted by atomic mass is 10.1. The van der Waals surface area contributed by atoms with E-state index in [1.165, 1.54) is 0 Å². The minimum Gasteiger partial charge on any atom is -0.384 e. The van der Waals surface area contributed by atoms with Gasteiger partial charge in [-0.1, -0.05) is 30.3 Å². The van der Waals surface area contributed by atoms with Crippen LogP contribution in [0.2, 0.25) is 0 Å². The number of H-pyrrole nitrogens is 2. The molecule has 1 aromatic carbocycles. The molecule has 1 heterocycles. The summed E-state index contributed by atoms with van der Waals surface area (Å²) in [7, 11) is 0. The van der Waals surface area contributed by atoms with Gasteiger partial charge in [0.15, 0.2) is 0 Å². The number of hydrogen-bond acceptors (Lipinski definition) is 2. The fourth-order valence-electron chi connectivity index (χ4n) is 1.37. The van der Waals surface area contributed by atoms with Gasteiger partial charge < -0.3 is 5.73 Å². The summed E-state index contributed by atoms with van der Waals surface area (Å²) in [5, 5.41) is 5.05. The Kier molecular flexibility index (Phi) is 2.10. The Hall–Kier alpha value is -1.97. The lowest BCUT2D eigenvalue weighted by Crippen LogP contribution is -2.07. The molecular weight excluding hydrogens is 178 g/mol. The van der Waals surface area contributed by atoms with Crippen molar-refractivity contribution in [3.63, 3.8) is 0 Å². The third-order valence-electron chi connectivity index (χ3n) is 2.13. The van der Waals surface area contributed by atoms with E-state index in [1.807, 2.05) is 30.3 Å². The van der Waals surface area contributed by atoms with Crippen LogP contribution in [0.1, 0.15) is 11.1 Å². The highest BCUT2D eigenvalue weighted by molar-refractivity contribution is 5.40. The molecule has 2 aromatic rings. The van der Waals surface area contributed by atoms with Crippen LogP contribution in [0.3, 0.4) is 0 Å². The highest BCUT2D eigenvalue weighted by Crippen LogP contribution is 2.09. The zero-order valence-electron chi connectivity index (χ0n) is 7.58. The summed E-state index contributed by atoms with van der Waals surface area (Å²) in [5.74, 6) is 0.416. The second kappa shape index (κ2) is 3.41. The zero-order chi connectivity index (χ0) is 9.97. The SMILES string of the molecule is Nc1[nH][nH]c(=O)c1Cc1ccccc1. The second-order valence-electron chi connectivity index (χ2n) is 3.13. The Morgan fingerprint density at radius 1 is 1.14 bits per heavy atom. The minimum atomic E-state index is -0.147. The summed E-state index contributed by atoms with van der Waals surface area (Å²) in [5.41, 5.74) is 7.12. The van der Waals surface area contributed by atoms with E-state index in [-0.39, 0.29) is 5.56 Å². The first-order valence-electron chi connectivity index (χ1n) is 4.36. The summed E-state index contributed by atoms with van der Waals surface area (Å²) >= 11 is 0. The number of anilines is 1. The lowest BCUT2D eigenvalue weighted by molar-refractivity contribution is 1.06. The molecule has 4 nitrogen and oxygen atoms in total. The number of aromatic amines is 2. The molecule has 0 saturated carbocycles. The van der Waals surface area contributed by atoms with Crippen LogP contribution < -0.4 is 11.3 Å². The topological polar surface area (TPSA) is 74.7 Å². The first-order chi connectivity index (χ1) is 6.77. The number of nitrogens with one attached hydrogen (secondary N) is 2. The van der Waals surface area contributed by atoms with E-state index >= 15 is 0 Å². The average molecular weight is 189 g/mol. The summed E-state index contributed by atoms with van der Waals surface area (Å²) in [4.78, 5) is 11.3. The predicted molar refractivity (Wildman–Crippen MR) is 55.1 cm³/mol. The fraction of sp³-hybridized carbons (Fsp3) is 0.100. The van der Waals surface area contributed by atoms with Gasteiger partial charge in [-0.3, -0.25) is 15.0 Å². The molecule has 0 bridgehead atoms. The number of aromatic nitrogens is 2. The lowest BCUT2D eigenvalue weighted by Gasteiger charge is -1.97. The number of nitrogen functional groups attached to an aromatic ring is 1. The van der Waals surface area contributed by atoms with Crippen molar-refractivity contribution < 1.29 is 0 Å². The van der Waals surface area contributed by atoms with Gasteiger partial charge in [0, 0.05) is 6.42 Å². The molecule has 0 radical (unpaired) electrons. The standard InChI is InChI=1S/C10H11N3O/c11-9-8(10(14)13-12-9)6-7-4-2-1-3-5-7/h1-5H,6H2,(H4,11,12,13,14). The number of hydrogen-bond donors (Lipinski definition) is 3. The van der Waals surface area contributed by atoms with E-state index < -0.39 is 0 Å². The third kappa shape index (κ3) is 1.54. The van der Waals surface area contributed by atoms with Crippen molar-refractivity contribution in [3.05, 3.63) is 51.8 Å². The molecule has 0 aliphatic rings. The van der Waals surface area contributed by atoms with Crippen molar-refractivity contribution in [2.45, 2.75) is 6.42 Å². The maximum absolute atomic E-state index is 11.3. The Labute approximate surface area is 80.8 Å². The van der Waals surface area contributed by atoms with Gasteiger partial charge in [0.05, 0.1) is 5.56 Å². The molecule has 0 atom stereocenters. The monoisotopic (exact) mass is 189 g/mol. The first kappa shape index (κ1) is 8.62. The minimum absolute atomic E-state index is 0.147. The molecule has 72 valence electrons. The van der Waals surface area contributed by atoms with Gasteiger partial charge in [-0.2, -0.15) is 0 Å². The van der Waals surface area contributed by atoms with Crippen molar-refractivity contribution in [2.75, 3.05) is 5.73 Å². The van der Waals surface area contributed by atoms with E-state index in [2.05, 4.69) is 10.2 Å². The van der Waals surface area contributed by atoms with Crippen molar-refractivity contribution in [1.82, 2.24) is 10.2 Å². The smallest absolute Gasteiger partial charge is 0.269 e. The summed E-state index contributed by atoms with van der Waals surface area (Å²) < 4.78 is 0. The van der Waals surface area contributed by atoms with Crippen LogP contribution >= 0.6 is 0 Å². The molecule has 0 aliphatic carbocycles. The van der Waals surface area contributed by atoms with Crippen molar-refractivity contribution in [2.24, 2.45) is 0 Å². The predicted octanol–water partition coefficient (Wildman–Crippen LogP) is 0.876. The largest absolute Gasteiger partial charge is 0.384 e. The Bertz CT molecular complexity index is 470. The van der Waals surface area contributed by atoms with Crippen LogP contribution in [-0.2, 0) is 6.42 Å². The van der Waals surface area contributed by atoms with Gasteiger partial charge in [0.2, 0.25) is 0 Å². The van der Waals surface area contributed by atoms with Gasteiger partial charge in [-0.15, -0.1) is 0 Å². The van der Waals surface area contributed by atoms with E-state index in [9.17, 15) is 4.79 Å². The molecule has 4 N–H and O–H groups in total. The molecule has 0 fully saturated rings. The van der Waals surface area contributed by atoms with Gasteiger partial charge >= 0.3 is 0 Å². The van der Waals surface area contributed by atoms with Crippen LogP contribution in [-0.4, -0.2) is 10.2 Å². The molecule has 14 heavy (non-hydrogen) atoms. The number of nitrogens with two attached hydrogens (primary N) is 1. The Morgan fingerprint density at radius 3 is 2.43 bits per heavy atom. The Morgan fingerprint density at radius 2 is 1.86 bits per heavy atom. The van der Waals surface area contributed by atoms with Gasteiger partial charge in [-0.05, 0) is 5.56 Å². The van der Waals surface area contributed by atoms with Crippen LogP contribution in [0.4, 0.5) is 5.82 Å². The summed E-state index contributed by atoms with van der Waals surface area (Å²) in [6.07, 6.45) is 0.561. The highest BCUT2D eigenvalue weighted by Gasteiger charge is 2.06. The maximum atomic E-state index is 11.3. The van der Waals surface area contributed by atoms with Crippen molar-refractivity contribution in [1.29, 1.82) is 0 Å². The molecule has 1 aromatic heterocycles. The second-order valence-corrected chi connectivity index (χ2v) is 3.13. The van der Waals surface area contributed by atoms with Crippen LogP contribution in [0.15, 0.2) is 35.1 Å². The van der Waals surface area contributed by atoms with E-state index in [1.54, 1.807) is 0 Å². The van der Waals surface area contributed by atoms with Crippen LogP contribution in [0.25, 0.3) is 0 Å². The quantitative estimate of drug-likeness (QED) is 0.655. The number of rotatable bonds is 2. The van der Waals surface area contributed by atoms with Gasteiger partial charge in [0.25, 0.3) is 5.56 Å². The van der Waals surface area contributed by atoms with Crippen LogP contribution in [0, 0.1) is 0 Å². The molecule has 0 aliphatic heterocycles. The van der Waals surface area contributed by atoms with Gasteiger partial charge in [-0.25, -0.2) is 0 Å². The van der Waals surface area contributed by atoms with E-state index in [0.29, 0.717) is 17.8 Å². The van der Waals surface area contributed by atoms with E-state index in [4.69, 9.17) is 5.73 Å². The first-order valence-corrected chi connectivity index (χ1v) is 4.36. The summed E-state index contributed by atoms with van der Waals surface area (Å²) in [6.45, 7) is 0. The zero-order valence-corrected chi connectivity index (χ0v) is 7.58. The van der Waals surface area contributed by atoms with Gasteiger partial charge in [0.1, 0.15) is 5.82 Å². The fourth-order valence-corrected chi connectivity index (χ4v) is 1.37.